The molecule has 0 amide bonds. The van der Waals surface area contributed by atoms with Gasteiger partial charge in [-0.2, -0.15) is 0 Å². The van der Waals surface area contributed by atoms with Gasteiger partial charge in [-0.1, -0.05) is 133 Å². The fourth-order valence-corrected chi connectivity index (χ4v) is 9.90. The van der Waals surface area contributed by atoms with E-state index in [2.05, 4.69) is 203 Å². The van der Waals surface area contributed by atoms with Crippen LogP contribution in [0.5, 0.6) is 0 Å². The minimum atomic E-state index is 1.17. The van der Waals surface area contributed by atoms with Crippen molar-refractivity contribution in [2.75, 3.05) is 0 Å². The van der Waals surface area contributed by atoms with Gasteiger partial charge < -0.3 is 9.13 Å². The molecule has 10 aromatic carbocycles. The van der Waals surface area contributed by atoms with Gasteiger partial charge in [0.05, 0.1) is 22.1 Å². The Bertz CT molecular complexity index is 3640. The van der Waals surface area contributed by atoms with Gasteiger partial charge in [-0.05, 0) is 121 Å². The number of hydrogen-bond donors (Lipinski definition) is 0. The first-order chi connectivity index (χ1) is 27.8. The minimum Gasteiger partial charge on any atom is -0.309 e. The molecule has 0 aliphatic heterocycles. The van der Waals surface area contributed by atoms with Crippen molar-refractivity contribution in [1.29, 1.82) is 0 Å². The minimum absolute atomic E-state index is 1.17. The zero-order valence-corrected chi connectivity index (χ0v) is 30.4. The summed E-state index contributed by atoms with van der Waals surface area (Å²) in [6.07, 6.45) is 0. The molecule has 12 aromatic rings. The van der Waals surface area contributed by atoms with Crippen molar-refractivity contribution in [2.24, 2.45) is 0 Å². The Kier molecular flexibility index (Phi) is 5.92. The Labute approximate surface area is 322 Å². The van der Waals surface area contributed by atoms with Crippen LogP contribution in [-0.2, 0) is 0 Å². The van der Waals surface area contributed by atoms with Crippen LogP contribution in [0.1, 0.15) is 0 Å². The highest BCUT2D eigenvalue weighted by Crippen LogP contribution is 2.49. The topological polar surface area (TPSA) is 9.86 Å². The van der Waals surface area contributed by atoms with Gasteiger partial charge in [0.1, 0.15) is 0 Å². The summed E-state index contributed by atoms with van der Waals surface area (Å²) in [5, 5.41) is 12.7. The van der Waals surface area contributed by atoms with Crippen molar-refractivity contribution in [2.45, 2.75) is 0 Å². The highest BCUT2D eigenvalue weighted by atomic mass is 15.0. The summed E-state index contributed by atoms with van der Waals surface area (Å²) in [6, 6.07) is 72.1. The van der Waals surface area contributed by atoms with Crippen LogP contribution in [0, 0.1) is 0 Å². The van der Waals surface area contributed by atoms with E-state index in [-0.39, 0.29) is 0 Å². The molecular weight excluding hydrogens is 677 g/mol. The fourth-order valence-electron chi connectivity index (χ4n) is 9.90. The van der Waals surface area contributed by atoms with Gasteiger partial charge in [-0.25, -0.2) is 0 Å². The monoisotopic (exact) mass is 708 g/mol. The lowest BCUT2D eigenvalue weighted by atomic mass is 9.99. The summed E-state index contributed by atoms with van der Waals surface area (Å²) < 4.78 is 4.93. The molecule has 2 heteroatoms. The molecule has 0 saturated heterocycles. The molecule has 0 bridgehead atoms. The van der Waals surface area contributed by atoms with Crippen molar-refractivity contribution in [3.8, 4) is 44.8 Å². The zero-order chi connectivity index (χ0) is 36.5. The summed E-state index contributed by atoms with van der Waals surface area (Å²) >= 11 is 0. The lowest BCUT2D eigenvalue weighted by molar-refractivity contribution is 1.18. The molecule has 258 valence electrons. The molecule has 56 heavy (non-hydrogen) atoms. The third-order valence-corrected chi connectivity index (χ3v) is 12.4. The molecular formula is C54H32N2. The van der Waals surface area contributed by atoms with Crippen molar-refractivity contribution >= 4 is 75.9 Å². The number of nitrogens with zero attached hydrogens (tertiary/aromatic N) is 2. The first-order valence-corrected chi connectivity index (χ1v) is 19.4. The molecule has 1 aliphatic rings. The smallest absolute Gasteiger partial charge is 0.0619 e. The van der Waals surface area contributed by atoms with Crippen LogP contribution in [0.2, 0.25) is 0 Å². The van der Waals surface area contributed by atoms with Gasteiger partial charge in [0.15, 0.2) is 0 Å². The zero-order valence-electron chi connectivity index (χ0n) is 30.4. The van der Waals surface area contributed by atoms with E-state index in [1.54, 1.807) is 0 Å². The third kappa shape index (κ3) is 4.05. The Morgan fingerprint density at radius 2 is 0.875 bits per heavy atom. The maximum atomic E-state index is 2.52. The highest BCUT2D eigenvalue weighted by Gasteiger charge is 2.24. The van der Waals surface area contributed by atoms with Crippen LogP contribution >= 0.6 is 0 Å². The van der Waals surface area contributed by atoms with Gasteiger partial charge in [0.25, 0.3) is 0 Å². The number of aromatic nitrogens is 2. The first kappa shape index (κ1) is 30.0. The van der Waals surface area contributed by atoms with Crippen molar-refractivity contribution in [3.05, 3.63) is 194 Å². The number of hydrogen-bond acceptors (Lipinski definition) is 0. The fraction of sp³-hybridized carbons (Fsp3) is 0. The molecule has 0 N–H and O–H groups in total. The summed E-state index contributed by atoms with van der Waals surface area (Å²) in [6.45, 7) is 0. The first-order valence-electron chi connectivity index (χ1n) is 19.4. The Morgan fingerprint density at radius 1 is 0.268 bits per heavy atom. The highest BCUT2D eigenvalue weighted by molar-refractivity contribution is 6.21. The van der Waals surface area contributed by atoms with Gasteiger partial charge in [-0.15, -0.1) is 0 Å². The van der Waals surface area contributed by atoms with E-state index in [1.807, 2.05) is 0 Å². The van der Waals surface area contributed by atoms with Crippen LogP contribution in [0.3, 0.4) is 0 Å². The van der Waals surface area contributed by atoms with Gasteiger partial charge >= 0.3 is 0 Å². The van der Waals surface area contributed by atoms with E-state index in [9.17, 15) is 0 Å². The van der Waals surface area contributed by atoms with Crippen LogP contribution in [0.15, 0.2) is 194 Å². The third-order valence-electron chi connectivity index (χ3n) is 12.4. The van der Waals surface area contributed by atoms with Gasteiger partial charge in [0.2, 0.25) is 0 Å². The molecule has 0 spiro atoms. The largest absolute Gasteiger partial charge is 0.309 e. The van der Waals surface area contributed by atoms with Crippen molar-refractivity contribution < 1.29 is 0 Å². The van der Waals surface area contributed by atoms with E-state index >= 15 is 0 Å². The summed E-state index contributed by atoms with van der Waals surface area (Å²) in [7, 11) is 0. The number of benzene rings is 10. The summed E-state index contributed by atoms with van der Waals surface area (Å²) in [4.78, 5) is 0. The Hall–Kier alpha value is -7.42. The number of para-hydroxylation sites is 1. The molecule has 0 radical (unpaired) electrons. The van der Waals surface area contributed by atoms with Gasteiger partial charge in [0, 0.05) is 38.3 Å². The molecule has 2 aromatic heterocycles. The van der Waals surface area contributed by atoms with E-state index in [0.29, 0.717) is 0 Å². The SMILES string of the molecule is c1ccc(-n2c3ccc(-c4ccc5c(c4)c4ccc6ccccc6c4n5-c4cc5c6c(cccc6c4)-c4ccccc4-5)cc3c3cc4ccccc4cc32)cc1. The molecule has 0 fully saturated rings. The Morgan fingerprint density at radius 3 is 1.68 bits per heavy atom. The van der Waals surface area contributed by atoms with Crippen LogP contribution < -0.4 is 0 Å². The lowest BCUT2D eigenvalue weighted by Gasteiger charge is -2.13. The van der Waals surface area contributed by atoms with Crippen LogP contribution in [-0.4, -0.2) is 9.13 Å². The molecule has 13 rings (SSSR count). The quantitative estimate of drug-likeness (QED) is 0.173. The second-order valence-electron chi connectivity index (χ2n) is 15.3. The molecule has 1 aliphatic carbocycles. The predicted molar refractivity (Wildman–Crippen MR) is 238 cm³/mol. The maximum Gasteiger partial charge on any atom is 0.0619 e. The average Bonchev–Trinajstić information content (AvgIpc) is 3.89. The summed E-state index contributed by atoms with van der Waals surface area (Å²) in [5.41, 5.74) is 14.9. The maximum absolute atomic E-state index is 2.52. The van der Waals surface area contributed by atoms with Crippen molar-refractivity contribution in [1.82, 2.24) is 9.13 Å². The number of rotatable bonds is 3. The van der Waals surface area contributed by atoms with Crippen molar-refractivity contribution in [3.63, 3.8) is 0 Å². The predicted octanol–water partition coefficient (Wildman–Crippen LogP) is 14.7. The van der Waals surface area contributed by atoms with Crippen LogP contribution in [0.4, 0.5) is 0 Å². The molecule has 0 atom stereocenters. The molecule has 0 saturated carbocycles. The standard InChI is InChI=1S/C54H32N2/c1-2-15-39(16-3-1)55-50-25-22-37(30-47(50)48-28-34-12-4-5-13-35(34)31-52(48)55)36-23-26-51-46(29-36)45-24-21-33-11-6-7-17-41(33)54(45)56(51)40-27-38-14-10-20-44-42-18-8-9-19-43(42)49(32-40)53(38)44/h1-32H. The van der Waals surface area contributed by atoms with Crippen LogP contribution in [0.25, 0.3) is 121 Å². The molecule has 2 heterocycles. The molecule has 2 nitrogen and oxygen atoms in total. The van der Waals surface area contributed by atoms with E-state index < -0.39 is 0 Å². The molecule has 0 unspecified atom stereocenters. The average molecular weight is 709 g/mol. The Balaban J connectivity index is 1.07. The van der Waals surface area contributed by atoms with E-state index in [1.165, 1.54) is 121 Å². The second kappa shape index (κ2) is 11.1. The van der Waals surface area contributed by atoms with E-state index in [4.69, 9.17) is 0 Å². The second-order valence-corrected chi connectivity index (χ2v) is 15.3. The van der Waals surface area contributed by atoms with E-state index in [0.717, 1.165) is 0 Å². The summed E-state index contributed by atoms with van der Waals surface area (Å²) in [5.74, 6) is 0. The normalized spacial score (nSPS) is 12.3. The number of fused-ring (bicyclic) bond motifs is 12. The lowest BCUT2D eigenvalue weighted by Crippen LogP contribution is -1.95. The van der Waals surface area contributed by atoms with Gasteiger partial charge in [-0.3, -0.25) is 0 Å².